The number of carbonyl (C=O) groups excluding carboxylic acids is 2. The number of hydrogen-bond donors (Lipinski definition) is 3. The number of hydrogen-bond acceptors (Lipinski definition) is 3. The van der Waals surface area contributed by atoms with Gasteiger partial charge in [-0.3, -0.25) is 9.59 Å². The Balaban J connectivity index is 1.87. The Morgan fingerprint density at radius 1 is 0.833 bits per heavy atom. The van der Waals surface area contributed by atoms with Crippen LogP contribution in [0.4, 0.5) is 0 Å². The summed E-state index contributed by atoms with van der Waals surface area (Å²) in [4.78, 5) is 25.3. The molecular formula is C25H35N3O2. The molecule has 2 atom stereocenters. The van der Waals surface area contributed by atoms with E-state index in [0.29, 0.717) is 18.9 Å². The second-order valence-electron chi connectivity index (χ2n) is 8.26. The van der Waals surface area contributed by atoms with Crippen molar-refractivity contribution in [2.75, 3.05) is 13.1 Å². The molecule has 0 aliphatic heterocycles. The van der Waals surface area contributed by atoms with Gasteiger partial charge in [0.05, 0.1) is 6.54 Å². The molecule has 0 aromatic heterocycles. The summed E-state index contributed by atoms with van der Waals surface area (Å²) in [6.07, 6.45) is 2.23. The Morgan fingerprint density at radius 2 is 1.43 bits per heavy atom. The minimum absolute atomic E-state index is 0.0664. The van der Waals surface area contributed by atoms with Crippen LogP contribution in [0, 0.1) is 5.92 Å². The Morgan fingerprint density at radius 3 is 2.03 bits per heavy atom. The monoisotopic (exact) mass is 409 g/mol. The Labute approximate surface area is 180 Å². The van der Waals surface area contributed by atoms with E-state index < -0.39 is 6.04 Å². The van der Waals surface area contributed by atoms with Crippen molar-refractivity contribution in [2.45, 2.75) is 52.1 Å². The maximum atomic E-state index is 12.8. The van der Waals surface area contributed by atoms with Gasteiger partial charge in [-0.25, -0.2) is 0 Å². The largest absolute Gasteiger partial charge is 0.352 e. The predicted octanol–water partition coefficient (Wildman–Crippen LogP) is 3.10. The molecule has 2 rings (SSSR count). The van der Waals surface area contributed by atoms with Crippen molar-refractivity contribution in [3.05, 3.63) is 71.8 Å². The Hall–Kier alpha value is -2.66. The molecule has 0 aliphatic carbocycles. The maximum absolute atomic E-state index is 12.8. The quantitative estimate of drug-likeness (QED) is 0.472. The number of benzene rings is 2. The van der Waals surface area contributed by atoms with E-state index in [1.165, 1.54) is 5.56 Å². The number of amides is 2. The van der Waals surface area contributed by atoms with Crippen LogP contribution in [-0.2, 0) is 22.4 Å². The lowest BCUT2D eigenvalue weighted by Gasteiger charge is -2.22. The molecular weight excluding hydrogens is 374 g/mol. The normalized spacial score (nSPS) is 12.9. The first-order valence-corrected chi connectivity index (χ1v) is 10.8. The predicted molar refractivity (Wildman–Crippen MR) is 122 cm³/mol. The van der Waals surface area contributed by atoms with E-state index in [4.69, 9.17) is 0 Å². The fourth-order valence-corrected chi connectivity index (χ4v) is 3.49. The van der Waals surface area contributed by atoms with Gasteiger partial charge in [-0.15, -0.1) is 0 Å². The zero-order chi connectivity index (χ0) is 21.8. The van der Waals surface area contributed by atoms with Gasteiger partial charge in [0.2, 0.25) is 11.8 Å². The standard InChI is InChI=1S/C25H35N3O2/c1-19(2)16-20(3)27-25(30)23(17-22-12-8-5-9-13-22)28-24(29)18-26-15-14-21-10-6-4-7-11-21/h4-13,19-20,23,26H,14-18H2,1-3H3,(H,27,30)(H,28,29)/t20-,23?/m0/s1. The molecule has 1 unspecified atom stereocenters. The first-order chi connectivity index (χ1) is 14.4. The molecule has 0 saturated carbocycles. The van der Waals surface area contributed by atoms with Gasteiger partial charge in [-0.1, -0.05) is 74.5 Å². The second-order valence-corrected chi connectivity index (χ2v) is 8.26. The third-order valence-electron chi connectivity index (χ3n) is 4.87. The van der Waals surface area contributed by atoms with Gasteiger partial charge >= 0.3 is 0 Å². The minimum Gasteiger partial charge on any atom is -0.352 e. The summed E-state index contributed by atoms with van der Waals surface area (Å²) in [5, 5.41) is 9.13. The number of rotatable bonds is 12. The van der Waals surface area contributed by atoms with Gasteiger partial charge in [-0.2, -0.15) is 0 Å². The Bertz CT molecular complexity index is 762. The van der Waals surface area contributed by atoms with Gasteiger partial charge < -0.3 is 16.0 Å². The molecule has 0 bridgehead atoms. The molecule has 2 aromatic carbocycles. The van der Waals surface area contributed by atoms with E-state index >= 15 is 0 Å². The van der Waals surface area contributed by atoms with E-state index in [0.717, 1.165) is 18.4 Å². The molecule has 2 amide bonds. The van der Waals surface area contributed by atoms with Crippen LogP contribution in [0.15, 0.2) is 60.7 Å². The van der Waals surface area contributed by atoms with E-state index in [1.807, 2.05) is 55.5 Å². The minimum atomic E-state index is -0.592. The molecule has 0 spiro atoms. The summed E-state index contributed by atoms with van der Waals surface area (Å²) in [5.41, 5.74) is 2.25. The van der Waals surface area contributed by atoms with Gasteiger partial charge in [0.1, 0.15) is 6.04 Å². The van der Waals surface area contributed by atoms with Crippen LogP contribution in [0.25, 0.3) is 0 Å². The second kappa shape index (κ2) is 12.8. The fourth-order valence-electron chi connectivity index (χ4n) is 3.49. The first-order valence-electron chi connectivity index (χ1n) is 10.8. The van der Waals surface area contributed by atoms with Crippen LogP contribution in [0.2, 0.25) is 0 Å². The van der Waals surface area contributed by atoms with E-state index in [-0.39, 0.29) is 24.4 Å². The highest BCUT2D eigenvalue weighted by Crippen LogP contribution is 2.07. The lowest BCUT2D eigenvalue weighted by atomic mass is 10.0. The SMILES string of the molecule is CC(C)C[C@H](C)NC(=O)C(Cc1ccccc1)NC(=O)CNCCc1ccccc1. The lowest BCUT2D eigenvalue weighted by Crippen LogP contribution is -2.52. The van der Waals surface area contributed by atoms with Crippen molar-refractivity contribution in [1.29, 1.82) is 0 Å². The molecule has 0 fully saturated rings. The smallest absolute Gasteiger partial charge is 0.243 e. The zero-order valence-corrected chi connectivity index (χ0v) is 18.4. The van der Waals surface area contributed by atoms with Crippen molar-refractivity contribution >= 4 is 11.8 Å². The summed E-state index contributed by atoms with van der Waals surface area (Å²) >= 11 is 0. The van der Waals surface area contributed by atoms with Crippen LogP contribution in [-0.4, -0.2) is 37.0 Å². The van der Waals surface area contributed by atoms with Crippen LogP contribution < -0.4 is 16.0 Å². The molecule has 5 nitrogen and oxygen atoms in total. The van der Waals surface area contributed by atoms with E-state index in [9.17, 15) is 9.59 Å². The number of nitrogens with one attached hydrogen (secondary N) is 3. The van der Waals surface area contributed by atoms with Crippen LogP contribution >= 0.6 is 0 Å². The summed E-state index contributed by atoms with van der Waals surface area (Å²) < 4.78 is 0. The van der Waals surface area contributed by atoms with Gasteiger partial charge in [0, 0.05) is 12.5 Å². The highest BCUT2D eigenvalue weighted by atomic mass is 16.2. The van der Waals surface area contributed by atoms with Crippen molar-refractivity contribution in [1.82, 2.24) is 16.0 Å². The van der Waals surface area contributed by atoms with E-state index in [2.05, 4.69) is 41.9 Å². The highest BCUT2D eigenvalue weighted by molar-refractivity contribution is 5.88. The average molecular weight is 410 g/mol. The average Bonchev–Trinajstić information content (AvgIpc) is 2.71. The van der Waals surface area contributed by atoms with Crippen molar-refractivity contribution < 1.29 is 9.59 Å². The zero-order valence-electron chi connectivity index (χ0n) is 18.4. The molecule has 0 saturated heterocycles. The van der Waals surface area contributed by atoms with Crippen LogP contribution in [0.3, 0.4) is 0 Å². The molecule has 5 heteroatoms. The van der Waals surface area contributed by atoms with Crippen LogP contribution in [0.1, 0.15) is 38.3 Å². The Kier molecular flexibility index (Phi) is 10.1. The van der Waals surface area contributed by atoms with Crippen LogP contribution in [0.5, 0.6) is 0 Å². The number of carbonyl (C=O) groups is 2. The third-order valence-corrected chi connectivity index (χ3v) is 4.87. The first kappa shape index (κ1) is 23.6. The fraction of sp³-hybridized carbons (Fsp3) is 0.440. The van der Waals surface area contributed by atoms with Crippen molar-refractivity contribution in [2.24, 2.45) is 5.92 Å². The molecule has 30 heavy (non-hydrogen) atoms. The van der Waals surface area contributed by atoms with Crippen molar-refractivity contribution in [3.63, 3.8) is 0 Å². The van der Waals surface area contributed by atoms with Crippen molar-refractivity contribution in [3.8, 4) is 0 Å². The molecule has 3 N–H and O–H groups in total. The summed E-state index contributed by atoms with van der Waals surface area (Å²) in [7, 11) is 0. The topological polar surface area (TPSA) is 70.2 Å². The van der Waals surface area contributed by atoms with Gasteiger partial charge in [0.25, 0.3) is 0 Å². The van der Waals surface area contributed by atoms with Gasteiger partial charge in [-0.05, 0) is 43.4 Å². The summed E-state index contributed by atoms with van der Waals surface area (Å²) in [6.45, 7) is 7.16. The third kappa shape index (κ3) is 9.23. The maximum Gasteiger partial charge on any atom is 0.243 e. The molecule has 0 heterocycles. The van der Waals surface area contributed by atoms with E-state index in [1.54, 1.807) is 0 Å². The molecule has 0 radical (unpaired) electrons. The molecule has 2 aromatic rings. The summed E-state index contributed by atoms with van der Waals surface area (Å²) in [5.74, 6) is 0.191. The molecule has 162 valence electrons. The summed E-state index contributed by atoms with van der Waals surface area (Å²) in [6, 6.07) is 19.4. The highest BCUT2D eigenvalue weighted by Gasteiger charge is 2.22. The molecule has 0 aliphatic rings. The lowest BCUT2D eigenvalue weighted by molar-refractivity contribution is -0.129. The van der Waals surface area contributed by atoms with Gasteiger partial charge in [0.15, 0.2) is 0 Å².